The minimum atomic E-state index is -0.560. The summed E-state index contributed by atoms with van der Waals surface area (Å²) in [7, 11) is 0. The quantitative estimate of drug-likeness (QED) is 0.271. The van der Waals surface area contributed by atoms with E-state index in [-0.39, 0.29) is 11.2 Å². The van der Waals surface area contributed by atoms with Gasteiger partial charge in [-0.3, -0.25) is 9.59 Å². The van der Waals surface area contributed by atoms with E-state index in [1.54, 1.807) is 0 Å². The third-order valence-electron chi connectivity index (χ3n) is 5.99. The van der Waals surface area contributed by atoms with Gasteiger partial charge in [0.15, 0.2) is 0 Å². The molecule has 0 aliphatic rings. The van der Waals surface area contributed by atoms with Crippen LogP contribution in [-0.2, 0) is 4.79 Å². The van der Waals surface area contributed by atoms with Gasteiger partial charge in [-0.2, -0.15) is 0 Å². The van der Waals surface area contributed by atoms with Crippen LogP contribution in [0.2, 0.25) is 0 Å². The average Bonchev–Trinajstić information content (AvgIpc) is 3.22. The Morgan fingerprint density at radius 2 is 1.74 bits per heavy atom. The Morgan fingerprint density at radius 1 is 1.03 bits per heavy atom. The van der Waals surface area contributed by atoms with E-state index in [2.05, 4.69) is 38.2 Å². The fourth-order valence-corrected chi connectivity index (χ4v) is 6.17. The first-order chi connectivity index (χ1) is 16.7. The number of anilines is 1. The van der Waals surface area contributed by atoms with Crippen molar-refractivity contribution in [1.82, 2.24) is 4.98 Å². The van der Waals surface area contributed by atoms with E-state index in [4.69, 9.17) is 10.7 Å². The molecule has 0 radical (unpaired) electrons. The Hall–Kier alpha value is -3.16. The van der Waals surface area contributed by atoms with Crippen LogP contribution in [0.15, 0.2) is 52.9 Å². The van der Waals surface area contributed by atoms with Gasteiger partial charge in [-0.05, 0) is 62.9 Å². The lowest BCUT2D eigenvalue weighted by Gasteiger charge is -2.16. The minimum Gasteiger partial charge on any atom is -0.365 e. The number of thiophene rings is 1. The zero-order chi connectivity index (χ0) is 25.3. The number of thioether (sulfide) groups is 1. The van der Waals surface area contributed by atoms with Crippen LogP contribution in [0.3, 0.4) is 0 Å². The smallest absolute Gasteiger partial charge is 0.252 e. The van der Waals surface area contributed by atoms with Gasteiger partial charge < -0.3 is 11.1 Å². The molecule has 3 N–H and O–H groups in total. The Balaban J connectivity index is 1.60. The molecule has 0 aliphatic heterocycles. The standard InChI is InChI=1S/C28H29N3O2S2/c1-6-22(35-23-13-17(4)20-12-16(3)11-18(5)25(20)30-23)27(33)31-28-24(26(29)32)21(14-34-28)19-9-7-15(2)8-10-19/h7-14,22H,6H2,1-5H3,(H2,29,32)(H,31,33). The van der Waals surface area contributed by atoms with Gasteiger partial charge in [0.25, 0.3) is 5.91 Å². The summed E-state index contributed by atoms with van der Waals surface area (Å²) in [5.41, 5.74) is 13.3. The molecule has 0 bridgehead atoms. The van der Waals surface area contributed by atoms with Crippen LogP contribution >= 0.6 is 23.1 Å². The van der Waals surface area contributed by atoms with Gasteiger partial charge in [0.05, 0.1) is 21.4 Å². The number of fused-ring (bicyclic) bond motifs is 1. The summed E-state index contributed by atoms with van der Waals surface area (Å²) in [6.45, 7) is 10.2. The zero-order valence-electron chi connectivity index (χ0n) is 20.6. The van der Waals surface area contributed by atoms with E-state index < -0.39 is 5.91 Å². The molecule has 0 fully saturated rings. The summed E-state index contributed by atoms with van der Waals surface area (Å²) >= 11 is 2.76. The molecule has 180 valence electrons. The second-order valence-electron chi connectivity index (χ2n) is 8.84. The molecular weight excluding hydrogens is 474 g/mol. The van der Waals surface area contributed by atoms with Gasteiger partial charge in [-0.15, -0.1) is 11.3 Å². The van der Waals surface area contributed by atoms with Crippen LogP contribution < -0.4 is 11.1 Å². The Labute approximate surface area is 214 Å². The number of benzene rings is 2. The molecule has 2 amide bonds. The van der Waals surface area contributed by atoms with Crippen LogP contribution in [0.25, 0.3) is 22.0 Å². The van der Waals surface area contributed by atoms with Crippen molar-refractivity contribution in [3.63, 3.8) is 0 Å². The van der Waals surface area contributed by atoms with E-state index in [1.807, 2.05) is 49.6 Å². The first-order valence-corrected chi connectivity index (χ1v) is 13.3. The molecule has 7 heteroatoms. The number of aromatic nitrogens is 1. The predicted molar refractivity (Wildman–Crippen MR) is 148 cm³/mol. The number of aryl methyl sites for hydroxylation is 4. The van der Waals surface area contributed by atoms with E-state index in [0.717, 1.165) is 43.7 Å². The van der Waals surface area contributed by atoms with Crippen molar-refractivity contribution in [3.8, 4) is 11.1 Å². The lowest BCUT2D eigenvalue weighted by atomic mass is 10.0. The van der Waals surface area contributed by atoms with Crippen LogP contribution in [0.5, 0.6) is 0 Å². The molecule has 5 nitrogen and oxygen atoms in total. The van der Waals surface area contributed by atoms with Crippen molar-refractivity contribution in [1.29, 1.82) is 0 Å². The summed E-state index contributed by atoms with van der Waals surface area (Å²) in [5, 5.41) is 6.89. The molecule has 35 heavy (non-hydrogen) atoms. The molecule has 2 aromatic carbocycles. The number of nitrogens with one attached hydrogen (secondary N) is 1. The molecule has 2 aromatic heterocycles. The van der Waals surface area contributed by atoms with Crippen LogP contribution in [0, 0.1) is 27.7 Å². The highest BCUT2D eigenvalue weighted by Gasteiger charge is 2.24. The summed E-state index contributed by atoms with van der Waals surface area (Å²) in [5.74, 6) is -0.729. The van der Waals surface area contributed by atoms with Crippen molar-refractivity contribution >= 4 is 50.8 Å². The lowest BCUT2D eigenvalue weighted by molar-refractivity contribution is -0.115. The van der Waals surface area contributed by atoms with Gasteiger partial charge in [0, 0.05) is 16.3 Å². The monoisotopic (exact) mass is 503 g/mol. The number of hydrogen-bond donors (Lipinski definition) is 2. The summed E-state index contributed by atoms with van der Waals surface area (Å²) in [6.07, 6.45) is 0.615. The second kappa shape index (κ2) is 10.2. The number of carbonyl (C=O) groups is 2. The van der Waals surface area contributed by atoms with Crippen molar-refractivity contribution in [2.75, 3.05) is 5.32 Å². The van der Waals surface area contributed by atoms with Crippen molar-refractivity contribution in [3.05, 3.63) is 75.7 Å². The molecule has 0 saturated carbocycles. The molecule has 4 rings (SSSR count). The first kappa shape index (κ1) is 24.9. The normalized spacial score (nSPS) is 12.0. The summed E-state index contributed by atoms with van der Waals surface area (Å²) in [6, 6.07) is 14.2. The lowest BCUT2D eigenvalue weighted by Crippen LogP contribution is -2.25. The van der Waals surface area contributed by atoms with Crippen molar-refractivity contribution in [2.24, 2.45) is 5.73 Å². The molecular formula is C28H29N3O2S2. The summed E-state index contributed by atoms with van der Waals surface area (Å²) in [4.78, 5) is 30.5. The number of pyridine rings is 1. The highest BCUT2D eigenvalue weighted by molar-refractivity contribution is 8.00. The predicted octanol–water partition coefficient (Wildman–Crippen LogP) is 6.81. The third-order valence-corrected chi connectivity index (χ3v) is 8.17. The number of carbonyl (C=O) groups excluding carboxylic acids is 2. The number of rotatable bonds is 7. The summed E-state index contributed by atoms with van der Waals surface area (Å²) < 4.78 is 0. The van der Waals surface area contributed by atoms with Crippen LogP contribution in [0.1, 0.15) is 46.0 Å². The van der Waals surface area contributed by atoms with Gasteiger partial charge in [0.2, 0.25) is 5.91 Å². The maximum atomic E-state index is 13.3. The second-order valence-corrected chi connectivity index (χ2v) is 10.9. The molecule has 2 heterocycles. The van der Waals surface area contributed by atoms with Gasteiger partial charge in [-0.1, -0.05) is 60.1 Å². The van der Waals surface area contributed by atoms with Gasteiger partial charge in [0.1, 0.15) is 5.00 Å². The van der Waals surface area contributed by atoms with E-state index in [1.165, 1.54) is 28.7 Å². The molecule has 0 spiro atoms. The highest BCUT2D eigenvalue weighted by atomic mass is 32.2. The van der Waals surface area contributed by atoms with Crippen LogP contribution in [0.4, 0.5) is 5.00 Å². The SMILES string of the molecule is CCC(Sc1cc(C)c2cc(C)cc(C)c2n1)C(=O)Nc1scc(-c2ccc(C)cc2)c1C(N)=O. The van der Waals surface area contributed by atoms with E-state index in [0.29, 0.717) is 17.0 Å². The fraction of sp³-hybridized carbons (Fsp3) is 0.250. The fourth-order valence-electron chi connectivity index (χ4n) is 4.18. The topological polar surface area (TPSA) is 85.1 Å². The molecule has 4 aromatic rings. The first-order valence-electron chi connectivity index (χ1n) is 11.5. The Morgan fingerprint density at radius 3 is 2.40 bits per heavy atom. The number of hydrogen-bond acceptors (Lipinski definition) is 5. The molecule has 1 unspecified atom stereocenters. The number of nitrogens with zero attached hydrogens (tertiary/aromatic N) is 1. The van der Waals surface area contributed by atoms with Crippen LogP contribution in [-0.4, -0.2) is 22.0 Å². The van der Waals surface area contributed by atoms with E-state index in [9.17, 15) is 9.59 Å². The highest BCUT2D eigenvalue weighted by Crippen LogP contribution is 2.37. The zero-order valence-corrected chi connectivity index (χ0v) is 22.2. The number of amides is 2. The Kier molecular flexibility index (Phi) is 7.28. The Bertz CT molecular complexity index is 1420. The van der Waals surface area contributed by atoms with E-state index >= 15 is 0 Å². The minimum absolute atomic E-state index is 0.169. The maximum Gasteiger partial charge on any atom is 0.252 e. The average molecular weight is 504 g/mol. The van der Waals surface area contributed by atoms with Crippen molar-refractivity contribution in [2.45, 2.75) is 51.3 Å². The molecule has 0 aliphatic carbocycles. The van der Waals surface area contributed by atoms with Gasteiger partial charge in [-0.25, -0.2) is 4.98 Å². The maximum absolute atomic E-state index is 13.3. The third kappa shape index (κ3) is 5.26. The van der Waals surface area contributed by atoms with Gasteiger partial charge >= 0.3 is 0 Å². The number of nitrogens with two attached hydrogens (primary N) is 1. The largest absolute Gasteiger partial charge is 0.365 e. The number of primary amides is 1. The molecule has 0 saturated heterocycles. The van der Waals surface area contributed by atoms with Crippen molar-refractivity contribution < 1.29 is 9.59 Å². The molecule has 1 atom stereocenters.